The Hall–Kier alpha value is -4.01. The fourth-order valence-electron chi connectivity index (χ4n) is 3.21. The lowest BCUT2D eigenvalue weighted by Crippen LogP contribution is -2.09. The normalized spacial score (nSPS) is 10.9. The van der Waals surface area contributed by atoms with Gasteiger partial charge in [-0.3, -0.25) is 4.79 Å². The molecule has 0 radical (unpaired) electrons. The molecule has 3 heterocycles. The third-order valence-electron chi connectivity index (χ3n) is 4.63. The van der Waals surface area contributed by atoms with Gasteiger partial charge >= 0.3 is 5.97 Å². The lowest BCUT2D eigenvalue weighted by atomic mass is 10.2. The van der Waals surface area contributed by atoms with E-state index in [1.165, 1.54) is 12.3 Å². The van der Waals surface area contributed by atoms with Crippen LogP contribution in [0.5, 0.6) is 0 Å². The molecule has 0 unspecified atom stereocenters. The number of carbonyl (C=O) groups excluding carboxylic acids is 1. The molecule has 0 atom stereocenters. The topological polar surface area (TPSA) is 95.1 Å². The molecule has 0 fully saturated rings. The van der Waals surface area contributed by atoms with E-state index in [1.807, 2.05) is 6.07 Å². The molecule has 31 heavy (non-hydrogen) atoms. The Balaban J connectivity index is 1.75. The Kier molecular flexibility index (Phi) is 5.74. The van der Waals surface area contributed by atoms with Crippen LogP contribution in [0.2, 0.25) is 0 Å². The molecule has 0 aliphatic rings. The number of nitrogens with zero attached hydrogens (tertiary/aromatic N) is 6. The molecule has 0 aliphatic heterocycles. The number of aromatic nitrogens is 5. The van der Waals surface area contributed by atoms with Crippen molar-refractivity contribution in [2.75, 3.05) is 6.61 Å². The van der Waals surface area contributed by atoms with Gasteiger partial charge in [-0.15, -0.1) is 0 Å². The third-order valence-corrected chi connectivity index (χ3v) is 4.63. The van der Waals surface area contributed by atoms with Crippen LogP contribution in [0.25, 0.3) is 22.6 Å². The maximum Gasteiger partial charge on any atom is 0.310 e. The second-order valence-electron chi connectivity index (χ2n) is 6.65. The summed E-state index contributed by atoms with van der Waals surface area (Å²) >= 11 is 0. The Bertz CT molecular complexity index is 1270. The van der Waals surface area contributed by atoms with E-state index in [0.29, 0.717) is 33.7 Å². The Morgan fingerprint density at radius 2 is 2.03 bits per heavy atom. The van der Waals surface area contributed by atoms with Crippen LogP contribution in [0.3, 0.4) is 0 Å². The molecule has 0 amide bonds. The number of pyridine rings is 1. The number of rotatable bonds is 7. The van der Waals surface area contributed by atoms with Crippen LogP contribution >= 0.6 is 0 Å². The van der Waals surface area contributed by atoms with E-state index in [9.17, 15) is 9.18 Å². The number of ether oxygens (including phenoxy) is 1. The first-order valence-corrected chi connectivity index (χ1v) is 9.64. The van der Waals surface area contributed by atoms with Crippen molar-refractivity contribution in [2.24, 2.45) is 4.99 Å². The van der Waals surface area contributed by atoms with Crippen LogP contribution in [0.1, 0.15) is 18.1 Å². The van der Waals surface area contributed by atoms with E-state index in [1.54, 1.807) is 42.1 Å². The first-order chi connectivity index (χ1) is 15.1. The van der Waals surface area contributed by atoms with Crippen molar-refractivity contribution in [1.82, 2.24) is 24.7 Å². The van der Waals surface area contributed by atoms with Gasteiger partial charge in [0.2, 0.25) is 0 Å². The number of fused-ring (bicyclic) bond motifs is 1. The first-order valence-electron chi connectivity index (χ1n) is 9.64. The molecule has 1 aromatic carbocycles. The van der Waals surface area contributed by atoms with Crippen molar-refractivity contribution in [2.45, 2.75) is 19.9 Å². The molecule has 0 bridgehead atoms. The maximum atomic E-state index is 14.2. The molecule has 0 saturated carbocycles. The van der Waals surface area contributed by atoms with Gasteiger partial charge in [0.15, 0.2) is 17.3 Å². The van der Waals surface area contributed by atoms with Gasteiger partial charge in [-0.2, -0.15) is 5.10 Å². The van der Waals surface area contributed by atoms with Crippen LogP contribution in [0.15, 0.2) is 53.8 Å². The van der Waals surface area contributed by atoms with Crippen molar-refractivity contribution < 1.29 is 13.9 Å². The summed E-state index contributed by atoms with van der Waals surface area (Å²) in [5, 5.41) is 5.32. The molecule has 156 valence electrons. The zero-order chi connectivity index (χ0) is 21.8. The van der Waals surface area contributed by atoms with E-state index in [4.69, 9.17) is 4.74 Å². The minimum atomic E-state index is -0.396. The predicted octanol–water partition coefficient (Wildman–Crippen LogP) is 3.51. The highest BCUT2D eigenvalue weighted by Gasteiger charge is 2.19. The average Bonchev–Trinajstić information content (AvgIpc) is 3.14. The highest BCUT2D eigenvalue weighted by atomic mass is 19.1. The van der Waals surface area contributed by atoms with E-state index in [2.05, 4.69) is 31.8 Å². The average molecular weight is 418 g/mol. The molecule has 9 heteroatoms. The first kappa shape index (κ1) is 20.3. The number of aliphatic imine (C=N–C) groups is 1. The standard InChI is InChI=1S/C22H19FN6O2/c1-3-31-18(30)11-15-12-26-21(27-20(15)24-2)19-16-8-6-10-25-22(16)29(28-19)13-14-7-4-5-9-17(14)23/h4-10,12H,2-3,11,13H2,1H3. The van der Waals surface area contributed by atoms with E-state index in [-0.39, 0.29) is 31.2 Å². The number of halogens is 1. The summed E-state index contributed by atoms with van der Waals surface area (Å²) < 4.78 is 20.8. The second kappa shape index (κ2) is 8.78. The summed E-state index contributed by atoms with van der Waals surface area (Å²) in [5.41, 5.74) is 2.05. The zero-order valence-corrected chi connectivity index (χ0v) is 16.8. The molecular formula is C22H19FN6O2. The zero-order valence-electron chi connectivity index (χ0n) is 16.8. The van der Waals surface area contributed by atoms with Crippen LogP contribution < -0.4 is 0 Å². The van der Waals surface area contributed by atoms with Crippen molar-refractivity contribution in [1.29, 1.82) is 0 Å². The SMILES string of the molecule is C=Nc1nc(-c2nn(Cc3ccccc3F)c3ncccc23)ncc1CC(=O)OCC. The molecule has 0 saturated heterocycles. The highest BCUT2D eigenvalue weighted by Crippen LogP contribution is 2.27. The maximum absolute atomic E-state index is 14.2. The van der Waals surface area contributed by atoms with Crippen molar-refractivity contribution in [3.05, 3.63) is 65.7 Å². The lowest BCUT2D eigenvalue weighted by Gasteiger charge is -2.06. The number of hydrogen-bond donors (Lipinski definition) is 0. The third kappa shape index (κ3) is 4.16. The smallest absolute Gasteiger partial charge is 0.310 e. The van der Waals surface area contributed by atoms with Crippen LogP contribution in [0, 0.1) is 5.82 Å². The van der Waals surface area contributed by atoms with Crippen LogP contribution in [-0.2, 0) is 22.5 Å². The van der Waals surface area contributed by atoms with Gasteiger partial charge in [0.1, 0.15) is 11.5 Å². The van der Waals surface area contributed by atoms with Gasteiger partial charge in [-0.05, 0) is 31.8 Å². The Morgan fingerprint density at radius 3 is 2.81 bits per heavy atom. The van der Waals surface area contributed by atoms with E-state index < -0.39 is 5.97 Å². The van der Waals surface area contributed by atoms with Gasteiger partial charge < -0.3 is 4.74 Å². The Morgan fingerprint density at radius 1 is 1.19 bits per heavy atom. The van der Waals surface area contributed by atoms with Crippen molar-refractivity contribution >= 4 is 29.5 Å². The minimum Gasteiger partial charge on any atom is -0.466 e. The van der Waals surface area contributed by atoms with E-state index >= 15 is 0 Å². The number of carbonyl (C=O) groups is 1. The van der Waals surface area contributed by atoms with Gasteiger partial charge in [0.05, 0.1) is 25.0 Å². The molecule has 0 spiro atoms. The predicted molar refractivity (Wildman–Crippen MR) is 114 cm³/mol. The summed E-state index contributed by atoms with van der Waals surface area (Å²) in [6, 6.07) is 10.1. The summed E-state index contributed by atoms with van der Waals surface area (Å²) in [7, 11) is 0. The summed E-state index contributed by atoms with van der Waals surface area (Å²) in [6.45, 7) is 5.76. The van der Waals surface area contributed by atoms with Gasteiger partial charge in [-0.1, -0.05) is 18.2 Å². The van der Waals surface area contributed by atoms with Crippen LogP contribution in [0.4, 0.5) is 10.2 Å². The molecule has 8 nitrogen and oxygen atoms in total. The summed E-state index contributed by atoms with van der Waals surface area (Å²) in [5.74, 6) is -0.132. The minimum absolute atomic E-state index is 0.00744. The van der Waals surface area contributed by atoms with Crippen molar-refractivity contribution in [3.63, 3.8) is 0 Å². The van der Waals surface area contributed by atoms with Gasteiger partial charge in [-0.25, -0.2) is 29.0 Å². The number of benzene rings is 1. The van der Waals surface area contributed by atoms with E-state index in [0.717, 1.165) is 0 Å². The molecule has 4 aromatic rings. The second-order valence-corrected chi connectivity index (χ2v) is 6.65. The fraction of sp³-hybridized carbons (Fsp3) is 0.182. The van der Waals surface area contributed by atoms with Gasteiger partial charge in [0, 0.05) is 23.5 Å². The largest absolute Gasteiger partial charge is 0.466 e. The molecule has 4 rings (SSSR count). The lowest BCUT2D eigenvalue weighted by molar-refractivity contribution is -0.142. The Labute approximate surface area is 177 Å². The number of hydrogen-bond acceptors (Lipinski definition) is 7. The van der Waals surface area contributed by atoms with Gasteiger partial charge in [0.25, 0.3) is 0 Å². The molecule has 3 aromatic heterocycles. The fourth-order valence-corrected chi connectivity index (χ4v) is 3.21. The number of esters is 1. The quantitative estimate of drug-likeness (QED) is 0.337. The molecule has 0 aliphatic carbocycles. The molecule has 0 N–H and O–H groups in total. The van der Waals surface area contributed by atoms with Crippen molar-refractivity contribution in [3.8, 4) is 11.5 Å². The summed E-state index contributed by atoms with van der Waals surface area (Å²) in [4.78, 5) is 29.0. The molecular weight excluding hydrogens is 399 g/mol. The highest BCUT2D eigenvalue weighted by molar-refractivity contribution is 5.89. The monoisotopic (exact) mass is 418 g/mol. The van der Waals surface area contributed by atoms with Crippen LogP contribution in [-0.4, -0.2) is 44.0 Å². The summed E-state index contributed by atoms with van der Waals surface area (Å²) in [6.07, 6.45) is 3.15.